The zero-order chi connectivity index (χ0) is 11.0. The Kier molecular flexibility index (Phi) is 2.77. The van der Waals surface area contributed by atoms with Crippen LogP contribution in [0.1, 0.15) is 12.8 Å². The minimum Gasteiger partial charge on any atom is -0.481 e. The highest BCUT2D eigenvalue weighted by atomic mass is 32.2. The molecule has 0 aromatic carbocycles. The maximum atomic E-state index is 11.8. The van der Waals surface area contributed by atoms with E-state index >= 15 is 0 Å². The first-order chi connectivity index (χ1) is 6.30. The smallest absolute Gasteiger partial charge is 0.350 e. The molecule has 1 aliphatic carbocycles. The third-order valence-electron chi connectivity index (χ3n) is 2.15. The lowest BCUT2D eigenvalue weighted by Crippen LogP contribution is -2.37. The van der Waals surface area contributed by atoms with Gasteiger partial charge in [0.05, 0.1) is 5.41 Å². The number of carboxylic acids is 1. The van der Waals surface area contributed by atoms with Crippen LogP contribution in [0.5, 0.6) is 0 Å². The van der Waals surface area contributed by atoms with Crippen molar-refractivity contribution >= 4 is 16.0 Å². The van der Waals surface area contributed by atoms with Gasteiger partial charge in [0.15, 0.2) is 0 Å². The zero-order valence-corrected chi connectivity index (χ0v) is 7.85. The van der Waals surface area contributed by atoms with E-state index in [9.17, 15) is 22.0 Å². The third-order valence-corrected chi connectivity index (χ3v) is 3.17. The van der Waals surface area contributed by atoms with Gasteiger partial charge in [-0.3, -0.25) is 4.79 Å². The Bertz CT molecular complexity index is 336. The van der Waals surface area contributed by atoms with Crippen molar-refractivity contribution in [2.75, 3.05) is 6.54 Å². The third kappa shape index (κ3) is 2.18. The summed E-state index contributed by atoms with van der Waals surface area (Å²) in [7, 11) is -4.67. The first kappa shape index (κ1) is 11.3. The molecule has 1 fully saturated rings. The Hall–Kier alpha value is -0.760. The van der Waals surface area contributed by atoms with Crippen molar-refractivity contribution in [1.82, 2.24) is 4.72 Å². The molecule has 8 heteroatoms. The molecule has 0 aliphatic heterocycles. The van der Waals surface area contributed by atoms with Crippen LogP contribution in [0.15, 0.2) is 0 Å². The van der Waals surface area contributed by atoms with Crippen LogP contribution < -0.4 is 4.72 Å². The van der Waals surface area contributed by atoms with Gasteiger partial charge < -0.3 is 5.11 Å². The molecular formula is C6H9F2NO4S. The lowest BCUT2D eigenvalue weighted by molar-refractivity contribution is -0.143. The second-order valence-electron chi connectivity index (χ2n) is 3.21. The standard InChI is InChI=1S/C6H9F2NO4S/c7-5(8)14(12,13)9-3-6(1-2-6)4(10)11/h5,9H,1-3H2,(H,10,11). The fourth-order valence-corrected chi connectivity index (χ4v) is 1.52. The zero-order valence-electron chi connectivity index (χ0n) is 7.03. The lowest BCUT2D eigenvalue weighted by Gasteiger charge is -2.10. The highest BCUT2D eigenvalue weighted by Crippen LogP contribution is 2.45. The van der Waals surface area contributed by atoms with Crippen LogP contribution >= 0.6 is 0 Å². The van der Waals surface area contributed by atoms with Crippen LogP contribution in [0.25, 0.3) is 0 Å². The molecular weight excluding hydrogens is 220 g/mol. The van der Waals surface area contributed by atoms with E-state index in [0.717, 1.165) is 0 Å². The number of hydrogen-bond acceptors (Lipinski definition) is 3. The minimum atomic E-state index is -4.67. The van der Waals surface area contributed by atoms with Gasteiger partial charge in [0.25, 0.3) is 10.0 Å². The second-order valence-corrected chi connectivity index (χ2v) is 4.95. The average Bonchev–Trinajstić information content (AvgIpc) is 2.81. The first-order valence-electron chi connectivity index (χ1n) is 3.80. The van der Waals surface area contributed by atoms with Crippen LogP contribution in [0.3, 0.4) is 0 Å². The molecule has 0 radical (unpaired) electrons. The molecule has 1 saturated carbocycles. The van der Waals surface area contributed by atoms with E-state index in [2.05, 4.69) is 0 Å². The van der Waals surface area contributed by atoms with Crippen LogP contribution in [-0.2, 0) is 14.8 Å². The van der Waals surface area contributed by atoms with Gasteiger partial charge in [-0.1, -0.05) is 0 Å². The molecule has 0 aromatic rings. The number of aliphatic carboxylic acids is 1. The SMILES string of the molecule is O=C(O)C1(CNS(=O)(=O)C(F)F)CC1. The van der Waals surface area contributed by atoms with Crippen molar-refractivity contribution in [2.45, 2.75) is 18.6 Å². The van der Waals surface area contributed by atoms with E-state index in [1.165, 1.54) is 0 Å². The molecule has 0 saturated heterocycles. The number of sulfonamides is 1. The molecule has 0 heterocycles. The summed E-state index contributed by atoms with van der Waals surface area (Å²) in [6, 6.07) is 0. The molecule has 0 aromatic heterocycles. The van der Waals surface area contributed by atoms with Gasteiger partial charge in [0.1, 0.15) is 0 Å². The Labute approximate surface area is 79.2 Å². The Morgan fingerprint density at radius 1 is 1.50 bits per heavy atom. The van der Waals surface area contributed by atoms with Crippen LogP contribution in [-0.4, -0.2) is 31.8 Å². The molecule has 5 nitrogen and oxygen atoms in total. The number of halogens is 2. The number of alkyl halides is 2. The summed E-state index contributed by atoms with van der Waals surface area (Å²) >= 11 is 0. The van der Waals surface area contributed by atoms with Gasteiger partial charge in [0, 0.05) is 6.54 Å². The van der Waals surface area contributed by atoms with Crippen molar-refractivity contribution in [3.63, 3.8) is 0 Å². The van der Waals surface area contributed by atoms with Gasteiger partial charge >= 0.3 is 11.7 Å². The van der Waals surface area contributed by atoms with Crippen LogP contribution in [0.4, 0.5) is 8.78 Å². The topological polar surface area (TPSA) is 83.5 Å². The molecule has 1 aliphatic rings. The summed E-state index contributed by atoms with van der Waals surface area (Å²) in [6.45, 7) is -0.463. The number of carbonyl (C=O) groups is 1. The van der Waals surface area contributed by atoms with Crippen molar-refractivity contribution in [3.05, 3.63) is 0 Å². The van der Waals surface area contributed by atoms with Gasteiger partial charge in [-0.15, -0.1) is 0 Å². The van der Waals surface area contributed by atoms with E-state index in [4.69, 9.17) is 5.11 Å². The summed E-state index contributed by atoms with van der Waals surface area (Å²) in [4.78, 5) is 10.5. The molecule has 0 unspecified atom stereocenters. The van der Waals surface area contributed by atoms with Gasteiger partial charge in [0.2, 0.25) is 0 Å². The second kappa shape index (κ2) is 3.43. The highest BCUT2D eigenvalue weighted by Gasteiger charge is 2.51. The molecule has 0 amide bonds. The summed E-state index contributed by atoms with van der Waals surface area (Å²) in [5.74, 6) is -4.68. The van der Waals surface area contributed by atoms with Crippen molar-refractivity contribution in [1.29, 1.82) is 0 Å². The summed E-state index contributed by atoms with van der Waals surface area (Å²) < 4.78 is 46.4. The number of carboxylic acid groups (broad SMARTS) is 1. The fourth-order valence-electron chi connectivity index (χ4n) is 0.919. The average molecular weight is 229 g/mol. The van der Waals surface area contributed by atoms with Crippen molar-refractivity contribution in [3.8, 4) is 0 Å². The van der Waals surface area contributed by atoms with Crippen molar-refractivity contribution in [2.24, 2.45) is 5.41 Å². The Morgan fingerprint density at radius 3 is 2.29 bits per heavy atom. The Balaban J connectivity index is 2.54. The molecule has 0 bridgehead atoms. The fraction of sp³-hybridized carbons (Fsp3) is 0.833. The van der Waals surface area contributed by atoms with Gasteiger partial charge in [-0.2, -0.15) is 8.78 Å². The lowest BCUT2D eigenvalue weighted by atomic mass is 10.1. The molecule has 0 spiro atoms. The van der Waals surface area contributed by atoms with Crippen LogP contribution in [0, 0.1) is 5.41 Å². The minimum absolute atomic E-state index is 0.314. The molecule has 1 rings (SSSR count). The predicted molar refractivity (Wildman–Crippen MR) is 42.2 cm³/mol. The number of nitrogens with one attached hydrogen (secondary N) is 1. The highest BCUT2D eigenvalue weighted by molar-refractivity contribution is 7.89. The van der Waals surface area contributed by atoms with E-state index in [1.54, 1.807) is 4.72 Å². The van der Waals surface area contributed by atoms with Gasteiger partial charge in [-0.05, 0) is 12.8 Å². The van der Waals surface area contributed by atoms with E-state index < -0.39 is 33.7 Å². The number of rotatable bonds is 5. The van der Waals surface area contributed by atoms with Crippen molar-refractivity contribution < 1.29 is 27.1 Å². The quantitative estimate of drug-likeness (QED) is 0.694. The van der Waals surface area contributed by atoms with E-state index in [1.807, 2.05) is 0 Å². The first-order valence-corrected chi connectivity index (χ1v) is 5.35. The summed E-state index contributed by atoms with van der Waals surface area (Å²) in [5.41, 5.74) is -1.16. The largest absolute Gasteiger partial charge is 0.481 e. The van der Waals surface area contributed by atoms with E-state index in [-0.39, 0.29) is 0 Å². The maximum Gasteiger partial charge on any atom is 0.350 e. The number of hydrogen-bond donors (Lipinski definition) is 2. The summed E-state index contributed by atoms with van der Waals surface area (Å²) in [5, 5.41) is 8.62. The maximum absolute atomic E-state index is 11.8. The predicted octanol–water partition coefficient (Wildman–Crippen LogP) is -0.00680. The molecule has 2 N–H and O–H groups in total. The monoisotopic (exact) mass is 229 g/mol. The van der Waals surface area contributed by atoms with Gasteiger partial charge in [-0.25, -0.2) is 13.1 Å². The molecule has 82 valence electrons. The Morgan fingerprint density at radius 2 is 2.00 bits per heavy atom. The molecule has 0 atom stereocenters. The van der Waals surface area contributed by atoms with E-state index in [0.29, 0.717) is 12.8 Å². The summed E-state index contributed by atoms with van der Waals surface area (Å²) in [6.07, 6.45) is 0.627. The normalized spacial score (nSPS) is 19.6. The molecule has 14 heavy (non-hydrogen) atoms. The van der Waals surface area contributed by atoms with Crippen LogP contribution in [0.2, 0.25) is 0 Å².